The van der Waals surface area contributed by atoms with Gasteiger partial charge >= 0.3 is 6.09 Å². The smallest absolute Gasteiger partial charge is 0.411 e. The molecule has 6 nitrogen and oxygen atoms in total. The lowest BCUT2D eigenvalue weighted by Crippen LogP contribution is -2.47. The minimum atomic E-state index is -0.798. The topological polar surface area (TPSA) is 58.9 Å². The molecule has 3 aromatic carbocycles. The molecule has 182 valence electrons. The van der Waals surface area contributed by atoms with Crippen molar-refractivity contribution in [3.05, 3.63) is 83.9 Å². The molecule has 5 rings (SSSR count). The molecule has 0 saturated carbocycles. The fourth-order valence-electron chi connectivity index (χ4n) is 5.05. The highest BCUT2D eigenvalue weighted by Crippen LogP contribution is 2.49. The van der Waals surface area contributed by atoms with Gasteiger partial charge < -0.3 is 14.4 Å². The Morgan fingerprint density at radius 2 is 1.57 bits per heavy atom. The first-order valence-electron chi connectivity index (χ1n) is 12.1. The third-order valence-electron chi connectivity index (χ3n) is 6.69. The van der Waals surface area contributed by atoms with E-state index in [1.807, 2.05) is 95.3 Å². The largest absolute Gasteiger partial charge is 0.444 e. The van der Waals surface area contributed by atoms with Gasteiger partial charge in [-0.1, -0.05) is 66.7 Å². The lowest BCUT2D eigenvalue weighted by Gasteiger charge is -2.34. The number of hydrogen-bond acceptors (Lipinski definition) is 4. The van der Waals surface area contributed by atoms with Crippen LogP contribution in [0.4, 0.5) is 4.79 Å². The molecule has 0 aromatic heterocycles. The van der Waals surface area contributed by atoms with E-state index in [4.69, 9.17) is 9.47 Å². The van der Waals surface area contributed by atoms with Gasteiger partial charge in [-0.3, -0.25) is 9.69 Å². The number of rotatable bonds is 3. The van der Waals surface area contributed by atoms with Gasteiger partial charge in [-0.15, -0.1) is 0 Å². The van der Waals surface area contributed by atoms with E-state index in [0.717, 1.165) is 21.9 Å². The van der Waals surface area contributed by atoms with Crippen molar-refractivity contribution in [3.8, 4) is 0 Å². The maximum absolute atomic E-state index is 14.1. The monoisotopic (exact) mass is 472 g/mol. The highest BCUT2D eigenvalue weighted by molar-refractivity contribution is 5.94. The molecule has 0 bridgehead atoms. The zero-order chi connectivity index (χ0) is 25.0. The predicted octanol–water partition coefficient (Wildman–Crippen LogP) is 5.84. The van der Waals surface area contributed by atoms with E-state index in [1.54, 1.807) is 9.80 Å². The number of amides is 2. The fourth-order valence-corrected chi connectivity index (χ4v) is 5.05. The van der Waals surface area contributed by atoms with Crippen LogP contribution in [0.1, 0.15) is 57.8 Å². The second kappa shape index (κ2) is 8.38. The number of carbonyl (C=O) groups is 2. The highest BCUT2D eigenvalue weighted by atomic mass is 16.6. The molecule has 2 fully saturated rings. The van der Waals surface area contributed by atoms with Crippen molar-refractivity contribution in [1.29, 1.82) is 0 Å². The Morgan fingerprint density at radius 1 is 0.914 bits per heavy atom. The summed E-state index contributed by atoms with van der Waals surface area (Å²) < 4.78 is 11.8. The van der Waals surface area contributed by atoms with Crippen molar-refractivity contribution >= 4 is 22.8 Å². The third-order valence-corrected chi connectivity index (χ3v) is 6.69. The Kier molecular flexibility index (Phi) is 5.59. The summed E-state index contributed by atoms with van der Waals surface area (Å²) >= 11 is 0. The summed E-state index contributed by atoms with van der Waals surface area (Å²) in [6.07, 6.45) is -0.483. The number of hydrogen-bond donors (Lipinski definition) is 0. The van der Waals surface area contributed by atoms with Crippen molar-refractivity contribution < 1.29 is 19.1 Å². The predicted molar refractivity (Wildman–Crippen MR) is 135 cm³/mol. The zero-order valence-corrected chi connectivity index (χ0v) is 20.9. The number of benzene rings is 3. The summed E-state index contributed by atoms with van der Waals surface area (Å²) in [6, 6.07) is 22.8. The molecule has 3 atom stereocenters. The van der Waals surface area contributed by atoms with E-state index in [-0.39, 0.29) is 11.9 Å². The fraction of sp³-hybridized carbons (Fsp3) is 0.379. The average molecular weight is 473 g/mol. The summed E-state index contributed by atoms with van der Waals surface area (Å²) in [5.74, 6) is -0.134. The number of carbonyl (C=O) groups excluding carboxylic acids is 2. The summed E-state index contributed by atoms with van der Waals surface area (Å²) in [4.78, 5) is 30.7. The lowest BCUT2D eigenvalue weighted by molar-refractivity contribution is -0.146. The number of nitrogens with zero attached hydrogens (tertiary/aromatic N) is 2. The summed E-state index contributed by atoms with van der Waals surface area (Å²) in [5.41, 5.74) is 0.470. The molecule has 2 amide bonds. The molecule has 0 N–H and O–H groups in total. The molecule has 2 aliphatic rings. The molecule has 3 aromatic rings. The second-order valence-electron chi connectivity index (χ2n) is 10.8. The summed E-state index contributed by atoms with van der Waals surface area (Å²) in [5, 5.41) is 2.18. The van der Waals surface area contributed by atoms with Crippen molar-refractivity contribution in [2.45, 2.75) is 64.1 Å². The summed E-state index contributed by atoms with van der Waals surface area (Å²) in [7, 11) is 0. The Balaban J connectivity index is 1.51. The van der Waals surface area contributed by atoms with E-state index in [1.165, 1.54) is 0 Å². The minimum absolute atomic E-state index is 0.134. The molecule has 0 spiro atoms. The standard InChI is InChI=1S/C29H32N2O4/c1-28(2,3)35-27(33)30-24(22-16-15-19-11-9-10-14-21(19)17-22)25(30)26(32)31-23(18-34-29(31,4)5)20-12-7-6-8-13-20/h6-17,23-25H,18H2,1-5H3/t23-,24-,25+,30?/m0/s1. The van der Waals surface area contributed by atoms with Gasteiger partial charge in [0.15, 0.2) is 0 Å². The number of ether oxygens (including phenoxy) is 2. The average Bonchev–Trinajstić information content (AvgIpc) is 3.48. The van der Waals surface area contributed by atoms with Gasteiger partial charge in [0.05, 0.1) is 18.7 Å². The Morgan fingerprint density at radius 3 is 2.26 bits per heavy atom. The molecular weight excluding hydrogens is 440 g/mol. The molecule has 2 heterocycles. The molecule has 6 heteroatoms. The zero-order valence-electron chi connectivity index (χ0n) is 20.9. The normalized spacial score (nSPS) is 23.4. The van der Waals surface area contributed by atoms with E-state index >= 15 is 0 Å². The first-order chi connectivity index (χ1) is 16.6. The first-order valence-corrected chi connectivity index (χ1v) is 12.1. The SMILES string of the molecule is CC(C)(C)OC(=O)N1[C@@H](C(=O)N2[C@H](c3ccccc3)COC2(C)C)[C@@H]1c1ccc2ccccc2c1. The highest BCUT2D eigenvalue weighted by Gasteiger charge is 2.61. The van der Waals surface area contributed by atoms with E-state index in [0.29, 0.717) is 6.61 Å². The van der Waals surface area contributed by atoms with Crippen molar-refractivity contribution in [2.24, 2.45) is 0 Å². The van der Waals surface area contributed by atoms with Gasteiger partial charge in [0.1, 0.15) is 17.4 Å². The van der Waals surface area contributed by atoms with Crippen LogP contribution >= 0.6 is 0 Å². The van der Waals surface area contributed by atoms with Crippen LogP contribution in [-0.2, 0) is 14.3 Å². The first kappa shape index (κ1) is 23.4. The third kappa shape index (κ3) is 4.39. The Bertz CT molecular complexity index is 1260. The van der Waals surface area contributed by atoms with Crippen LogP contribution in [-0.4, -0.2) is 45.8 Å². The van der Waals surface area contributed by atoms with Crippen LogP contribution in [0.5, 0.6) is 0 Å². The van der Waals surface area contributed by atoms with E-state index < -0.39 is 29.5 Å². The van der Waals surface area contributed by atoms with Crippen LogP contribution in [0.2, 0.25) is 0 Å². The molecule has 2 saturated heterocycles. The minimum Gasteiger partial charge on any atom is -0.444 e. The second-order valence-corrected chi connectivity index (χ2v) is 10.8. The molecule has 35 heavy (non-hydrogen) atoms. The molecule has 0 unspecified atom stereocenters. The Labute approximate surface area is 206 Å². The quantitative estimate of drug-likeness (QED) is 0.450. The number of fused-ring (bicyclic) bond motifs is 1. The van der Waals surface area contributed by atoms with Crippen molar-refractivity contribution in [3.63, 3.8) is 0 Å². The van der Waals surface area contributed by atoms with Crippen LogP contribution < -0.4 is 0 Å². The molecule has 2 aliphatic heterocycles. The molecule has 0 radical (unpaired) electrons. The van der Waals surface area contributed by atoms with Crippen molar-refractivity contribution in [2.75, 3.05) is 6.61 Å². The molecular formula is C29H32N2O4. The van der Waals surface area contributed by atoms with Gasteiger partial charge in [-0.05, 0) is 62.6 Å². The van der Waals surface area contributed by atoms with Crippen LogP contribution in [0.25, 0.3) is 10.8 Å². The maximum atomic E-state index is 14.1. The van der Waals surface area contributed by atoms with E-state index in [9.17, 15) is 9.59 Å². The summed E-state index contributed by atoms with van der Waals surface area (Å²) in [6.45, 7) is 9.71. The van der Waals surface area contributed by atoms with Gasteiger partial charge in [0.25, 0.3) is 5.91 Å². The molecule has 0 aliphatic carbocycles. The van der Waals surface area contributed by atoms with Gasteiger partial charge in [-0.25, -0.2) is 4.79 Å². The van der Waals surface area contributed by atoms with Crippen LogP contribution in [0, 0.1) is 0 Å². The van der Waals surface area contributed by atoms with E-state index in [2.05, 4.69) is 12.1 Å². The van der Waals surface area contributed by atoms with Gasteiger partial charge in [0, 0.05) is 0 Å². The van der Waals surface area contributed by atoms with Crippen molar-refractivity contribution in [1.82, 2.24) is 9.80 Å². The van der Waals surface area contributed by atoms with Gasteiger partial charge in [-0.2, -0.15) is 0 Å². The van der Waals surface area contributed by atoms with Gasteiger partial charge in [0.2, 0.25) is 0 Å². The van der Waals surface area contributed by atoms with Crippen LogP contribution in [0.15, 0.2) is 72.8 Å². The Hall–Kier alpha value is -3.38. The van der Waals surface area contributed by atoms with Crippen LogP contribution in [0.3, 0.4) is 0 Å². The lowest BCUT2D eigenvalue weighted by atomic mass is 10.0. The maximum Gasteiger partial charge on any atom is 0.411 e.